The van der Waals surface area contributed by atoms with Gasteiger partial charge >= 0.3 is 0 Å². The van der Waals surface area contributed by atoms with Crippen molar-refractivity contribution in [1.82, 2.24) is 0 Å². The van der Waals surface area contributed by atoms with E-state index in [1.807, 2.05) is 36.9 Å². The molecule has 2 aromatic carbocycles. The van der Waals surface area contributed by atoms with Crippen molar-refractivity contribution in [2.24, 2.45) is 0 Å². The minimum atomic E-state index is -0.393. The Morgan fingerprint density at radius 3 is 2.75 bits per heavy atom. The molecular formula is C18H19N3O3. The Hall–Kier alpha value is -2.89. The van der Waals surface area contributed by atoms with Gasteiger partial charge in [0.1, 0.15) is 0 Å². The predicted molar refractivity (Wildman–Crippen MR) is 93.6 cm³/mol. The number of hydrogen-bond donors (Lipinski definition) is 1. The number of carbonyl (C=O) groups is 1. The zero-order valence-corrected chi connectivity index (χ0v) is 13.7. The smallest absolute Gasteiger partial charge is 0.269 e. The largest absolute Gasteiger partial charge is 0.362 e. The molecule has 0 fully saturated rings. The van der Waals surface area contributed by atoms with Gasteiger partial charge in [-0.1, -0.05) is 17.7 Å². The van der Waals surface area contributed by atoms with E-state index in [9.17, 15) is 14.9 Å². The van der Waals surface area contributed by atoms with Gasteiger partial charge in [0.25, 0.3) is 5.69 Å². The molecule has 1 amide bonds. The van der Waals surface area contributed by atoms with Crippen LogP contribution in [0.25, 0.3) is 0 Å². The number of nitrogens with zero attached hydrogens (tertiary/aromatic N) is 2. The van der Waals surface area contributed by atoms with Crippen LogP contribution in [0.3, 0.4) is 0 Å². The molecule has 0 aromatic heterocycles. The zero-order valence-electron chi connectivity index (χ0n) is 13.7. The summed E-state index contributed by atoms with van der Waals surface area (Å²) in [5.74, 6) is -0.0897. The molecule has 1 N–H and O–H groups in total. The first-order chi connectivity index (χ1) is 11.4. The Kier molecular flexibility index (Phi) is 4.20. The van der Waals surface area contributed by atoms with Gasteiger partial charge in [0.2, 0.25) is 5.91 Å². The van der Waals surface area contributed by atoms with Crippen LogP contribution in [0.15, 0.2) is 36.4 Å². The Balaban J connectivity index is 1.70. The molecule has 0 spiro atoms. The minimum absolute atomic E-state index is 0.0897. The van der Waals surface area contributed by atoms with Crippen LogP contribution in [0.2, 0.25) is 0 Å². The van der Waals surface area contributed by atoms with Gasteiger partial charge in [-0.2, -0.15) is 0 Å². The van der Waals surface area contributed by atoms with Crippen molar-refractivity contribution < 1.29 is 9.72 Å². The van der Waals surface area contributed by atoms with Gasteiger partial charge in [0.15, 0.2) is 0 Å². The van der Waals surface area contributed by atoms with E-state index in [4.69, 9.17) is 0 Å². The van der Waals surface area contributed by atoms with Crippen molar-refractivity contribution >= 4 is 23.0 Å². The molecule has 3 rings (SSSR count). The minimum Gasteiger partial charge on any atom is -0.362 e. The number of hydrogen-bond acceptors (Lipinski definition) is 4. The molecule has 0 saturated heterocycles. The summed E-state index contributed by atoms with van der Waals surface area (Å²) in [5.41, 5.74) is 4.91. The maximum absolute atomic E-state index is 12.3. The van der Waals surface area contributed by atoms with Crippen LogP contribution >= 0.6 is 0 Å². The van der Waals surface area contributed by atoms with E-state index >= 15 is 0 Å². The number of fused-ring (bicyclic) bond motifs is 1. The summed E-state index contributed by atoms with van der Waals surface area (Å²) in [7, 11) is 0. The second-order valence-corrected chi connectivity index (χ2v) is 6.11. The highest BCUT2D eigenvalue weighted by Gasteiger charge is 2.23. The molecule has 1 aliphatic heterocycles. The average molecular weight is 325 g/mol. The Bertz CT molecular complexity index is 817. The number of non-ortho nitro benzene ring substituents is 1. The maximum Gasteiger partial charge on any atom is 0.269 e. The number of amides is 1. The number of rotatable bonds is 4. The SMILES string of the molecule is Cc1ccc(NC(=O)CN2CCc3cc([N+](=O)[O-])ccc32)c(C)c1. The highest BCUT2D eigenvalue weighted by Crippen LogP contribution is 2.31. The highest BCUT2D eigenvalue weighted by atomic mass is 16.6. The van der Waals surface area contributed by atoms with Crippen molar-refractivity contribution in [2.75, 3.05) is 23.3 Å². The normalized spacial score (nSPS) is 12.8. The van der Waals surface area contributed by atoms with E-state index in [2.05, 4.69) is 5.32 Å². The van der Waals surface area contributed by atoms with E-state index in [-0.39, 0.29) is 18.1 Å². The molecule has 0 unspecified atom stereocenters. The summed E-state index contributed by atoms with van der Waals surface area (Å²) in [6.07, 6.45) is 0.716. The summed E-state index contributed by atoms with van der Waals surface area (Å²) in [5, 5.41) is 13.8. The van der Waals surface area contributed by atoms with E-state index in [1.165, 1.54) is 6.07 Å². The maximum atomic E-state index is 12.3. The molecule has 6 heteroatoms. The molecule has 0 radical (unpaired) electrons. The number of nitro benzene ring substituents is 1. The predicted octanol–water partition coefficient (Wildman–Crippen LogP) is 3.21. The first-order valence-electron chi connectivity index (χ1n) is 7.83. The number of nitrogens with one attached hydrogen (secondary N) is 1. The fourth-order valence-corrected chi connectivity index (χ4v) is 3.05. The first-order valence-corrected chi connectivity index (χ1v) is 7.83. The highest BCUT2D eigenvalue weighted by molar-refractivity contribution is 5.95. The van der Waals surface area contributed by atoms with Crippen LogP contribution in [0.5, 0.6) is 0 Å². The lowest BCUT2D eigenvalue weighted by Crippen LogP contribution is -2.32. The molecule has 6 nitrogen and oxygen atoms in total. The van der Waals surface area contributed by atoms with Crippen LogP contribution in [0, 0.1) is 24.0 Å². The average Bonchev–Trinajstić information content (AvgIpc) is 2.92. The lowest BCUT2D eigenvalue weighted by atomic mass is 10.1. The number of benzene rings is 2. The van der Waals surface area contributed by atoms with Gasteiger partial charge in [0, 0.05) is 30.1 Å². The van der Waals surface area contributed by atoms with Gasteiger partial charge in [-0.05, 0) is 43.5 Å². The summed E-state index contributed by atoms with van der Waals surface area (Å²) in [6, 6.07) is 10.7. The van der Waals surface area contributed by atoms with Gasteiger partial charge in [-0.15, -0.1) is 0 Å². The quantitative estimate of drug-likeness (QED) is 0.692. The van der Waals surface area contributed by atoms with Crippen LogP contribution in [0.4, 0.5) is 17.1 Å². The molecule has 1 heterocycles. The molecule has 0 bridgehead atoms. The third-order valence-corrected chi connectivity index (χ3v) is 4.26. The van der Waals surface area contributed by atoms with Crippen LogP contribution < -0.4 is 10.2 Å². The molecule has 1 aliphatic rings. The van der Waals surface area contributed by atoms with Crippen molar-refractivity contribution in [3.63, 3.8) is 0 Å². The van der Waals surface area contributed by atoms with Gasteiger partial charge in [0.05, 0.1) is 11.5 Å². The fourth-order valence-electron chi connectivity index (χ4n) is 3.05. The Labute approximate surface area is 140 Å². The van der Waals surface area contributed by atoms with Crippen LogP contribution in [0.1, 0.15) is 16.7 Å². The van der Waals surface area contributed by atoms with Gasteiger partial charge in [-0.25, -0.2) is 0 Å². The summed E-state index contributed by atoms with van der Waals surface area (Å²) < 4.78 is 0. The number of nitro groups is 1. The Morgan fingerprint density at radius 2 is 2.04 bits per heavy atom. The first kappa shape index (κ1) is 16.0. The Morgan fingerprint density at radius 1 is 1.25 bits per heavy atom. The van der Waals surface area contributed by atoms with Crippen molar-refractivity contribution in [1.29, 1.82) is 0 Å². The zero-order chi connectivity index (χ0) is 17.3. The molecule has 0 saturated carbocycles. The molecule has 2 aromatic rings. The van der Waals surface area contributed by atoms with Crippen LogP contribution in [-0.4, -0.2) is 23.9 Å². The standard InChI is InChI=1S/C18H19N3O3/c1-12-3-5-16(13(2)9-12)19-18(22)11-20-8-7-14-10-15(21(23)24)4-6-17(14)20/h3-6,9-10H,7-8,11H2,1-2H3,(H,19,22). The van der Waals surface area contributed by atoms with E-state index in [0.717, 1.165) is 28.1 Å². The van der Waals surface area contributed by atoms with Gasteiger partial charge < -0.3 is 10.2 Å². The van der Waals surface area contributed by atoms with Crippen LogP contribution in [-0.2, 0) is 11.2 Å². The number of aryl methyl sites for hydroxylation is 2. The summed E-state index contributed by atoms with van der Waals surface area (Å²) in [4.78, 5) is 24.7. The molecule has 0 aliphatic carbocycles. The number of anilines is 2. The molecular weight excluding hydrogens is 306 g/mol. The van der Waals surface area contributed by atoms with Crippen molar-refractivity contribution in [2.45, 2.75) is 20.3 Å². The van der Waals surface area contributed by atoms with E-state index in [1.54, 1.807) is 12.1 Å². The van der Waals surface area contributed by atoms with Gasteiger partial charge in [-0.3, -0.25) is 14.9 Å². The summed E-state index contributed by atoms with van der Waals surface area (Å²) in [6.45, 7) is 4.90. The summed E-state index contributed by atoms with van der Waals surface area (Å²) >= 11 is 0. The lowest BCUT2D eigenvalue weighted by Gasteiger charge is -2.19. The molecule has 0 atom stereocenters. The second kappa shape index (κ2) is 6.31. The van der Waals surface area contributed by atoms with E-state index in [0.29, 0.717) is 13.0 Å². The fraction of sp³-hybridized carbons (Fsp3) is 0.278. The third kappa shape index (κ3) is 3.22. The molecule has 24 heavy (non-hydrogen) atoms. The van der Waals surface area contributed by atoms with E-state index < -0.39 is 4.92 Å². The lowest BCUT2D eigenvalue weighted by molar-refractivity contribution is -0.384. The van der Waals surface area contributed by atoms with Crippen molar-refractivity contribution in [3.05, 3.63) is 63.2 Å². The van der Waals surface area contributed by atoms with Crippen molar-refractivity contribution in [3.8, 4) is 0 Å². The second-order valence-electron chi connectivity index (χ2n) is 6.11. The third-order valence-electron chi connectivity index (χ3n) is 4.26. The monoisotopic (exact) mass is 325 g/mol. The molecule has 124 valence electrons. The topological polar surface area (TPSA) is 75.5 Å². The number of carbonyl (C=O) groups excluding carboxylic acids is 1.